The van der Waals surface area contributed by atoms with Crippen molar-refractivity contribution in [1.29, 1.82) is 0 Å². The summed E-state index contributed by atoms with van der Waals surface area (Å²) in [6.45, 7) is 9.12. The quantitative estimate of drug-likeness (QED) is 0.678. The summed E-state index contributed by atoms with van der Waals surface area (Å²) in [4.78, 5) is 13.2. The van der Waals surface area contributed by atoms with Gasteiger partial charge in [0.25, 0.3) is 0 Å². The van der Waals surface area contributed by atoms with Crippen LogP contribution >= 0.6 is 0 Å². The van der Waals surface area contributed by atoms with Crippen LogP contribution in [0.25, 0.3) is 0 Å². The van der Waals surface area contributed by atoms with Crippen LogP contribution in [-0.4, -0.2) is 50.6 Å². The van der Waals surface area contributed by atoms with Crippen LogP contribution in [0, 0.1) is 0 Å². The van der Waals surface area contributed by atoms with E-state index in [-0.39, 0.29) is 5.91 Å². The highest BCUT2D eigenvalue weighted by atomic mass is 16.1. The Morgan fingerprint density at radius 2 is 1.93 bits per heavy atom. The third-order valence-electron chi connectivity index (χ3n) is 2.14. The molecular formula is C10H23N3O. The van der Waals surface area contributed by atoms with E-state index >= 15 is 0 Å². The number of nitrogens with zero attached hydrogens (tertiary/aromatic N) is 1. The largest absolute Gasteiger partial charge is 0.359 e. The highest BCUT2D eigenvalue weighted by molar-refractivity contribution is 5.75. The van der Waals surface area contributed by atoms with Crippen molar-refractivity contribution >= 4 is 5.91 Å². The molecule has 1 amide bonds. The van der Waals surface area contributed by atoms with Gasteiger partial charge in [0.2, 0.25) is 5.91 Å². The van der Waals surface area contributed by atoms with Gasteiger partial charge in [-0.2, -0.15) is 0 Å². The fourth-order valence-electron chi connectivity index (χ4n) is 1.32. The summed E-state index contributed by atoms with van der Waals surface area (Å²) in [7, 11) is 1.68. The molecule has 0 bridgehead atoms. The molecule has 1 aliphatic heterocycles. The number of hydrogen-bond donors (Lipinski definition) is 2. The van der Waals surface area contributed by atoms with E-state index in [1.54, 1.807) is 7.05 Å². The minimum atomic E-state index is 0.133. The van der Waals surface area contributed by atoms with Crippen LogP contribution < -0.4 is 10.6 Å². The molecule has 0 spiro atoms. The highest BCUT2D eigenvalue weighted by Gasteiger charge is 2.09. The van der Waals surface area contributed by atoms with Crippen LogP contribution in [-0.2, 0) is 4.79 Å². The van der Waals surface area contributed by atoms with Crippen LogP contribution in [0.1, 0.15) is 20.3 Å². The molecule has 0 aromatic heterocycles. The maximum Gasteiger partial charge on any atom is 0.221 e. The smallest absolute Gasteiger partial charge is 0.221 e. The van der Waals surface area contributed by atoms with Crippen molar-refractivity contribution in [3.8, 4) is 0 Å². The Balaban J connectivity index is 0.000000791. The molecule has 0 aliphatic carbocycles. The average Bonchev–Trinajstić information content (AvgIpc) is 2.30. The number of carbonyl (C=O) groups excluding carboxylic acids is 1. The number of piperazine rings is 1. The van der Waals surface area contributed by atoms with Gasteiger partial charge in [-0.05, 0) is 0 Å². The van der Waals surface area contributed by atoms with E-state index in [0.717, 1.165) is 32.7 Å². The SMILES string of the molecule is CC.CNC(=O)CCN1CCNCC1. The van der Waals surface area contributed by atoms with Gasteiger partial charge in [-0.1, -0.05) is 13.8 Å². The number of nitrogens with one attached hydrogen (secondary N) is 2. The van der Waals surface area contributed by atoms with Crippen molar-refractivity contribution in [2.45, 2.75) is 20.3 Å². The molecule has 0 saturated carbocycles. The fraction of sp³-hybridized carbons (Fsp3) is 0.900. The minimum Gasteiger partial charge on any atom is -0.359 e. The van der Waals surface area contributed by atoms with Gasteiger partial charge in [0.1, 0.15) is 0 Å². The maximum absolute atomic E-state index is 10.9. The second-order valence-corrected chi connectivity index (χ2v) is 3.01. The molecule has 1 aliphatic rings. The van der Waals surface area contributed by atoms with Crippen molar-refractivity contribution in [2.75, 3.05) is 39.8 Å². The summed E-state index contributed by atoms with van der Waals surface area (Å²) in [5.74, 6) is 0.133. The highest BCUT2D eigenvalue weighted by Crippen LogP contribution is 1.93. The second-order valence-electron chi connectivity index (χ2n) is 3.01. The first-order chi connectivity index (χ1) is 6.83. The second kappa shape index (κ2) is 8.97. The molecule has 84 valence electrons. The predicted molar refractivity (Wildman–Crippen MR) is 59.3 cm³/mol. The molecule has 0 aromatic rings. The zero-order valence-electron chi connectivity index (χ0n) is 9.60. The van der Waals surface area contributed by atoms with E-state index in [4.69, 9.17) is 0 Å². The molecule has 0 unspecified atom stereocenters. The molecule has 0 radical (unpaired) electrons. The lowest BCUT2D eigenvalue weighted by atomic mass is 10.3. The van der Waals surface area contributed by atoms with Gasteiger partial charge in [-0.15, -0.1) is 0 Å². The van der Waals surface area contributed by atoms with Crippen molar-refractivity contribution in [1.82, 2.24) is 15.5 Å². The van der Waals surface area contributed by atoms with Crippen molar-refractivity contribution in [2.24, 2.45) is 0 Å². The Morgan fingerprint density at radius 3 is 2.43 bits per heavy atom. The van der Waals surface area contributed by atoms with Gasteiger partial charge >= 0.3 is 0 Å². The topological polar surface area (TPSA) is 44.4 Å². The van der Waals surface area contributed by atoms with Gasteiger partial charge in [0.05, 0.1) is 0 Å². The van der Waals surface area contributed by atoms with Crippen molar-refractivity contribution < 1.29 is 4.79 Å². The van der Waals surface area contributed by atoms with E-state index in [9.17, 15) is 4.79 Å². The Hall–Kier alpha value is -0.610. The molecule has 1 rings (SSSR count). The Morgan fingerprint density at radius 1 is 1.36 bits per heavy atom. The molecule has 2 N–H and O–H groups in total. The lowest BCUT2D eigenvalue weighted by Crippen LogP contribution is -2.44. The standard InChI is InChI=1S/C8H17N3O.C2H6/c1-9-8(12)2-5-11-6-3-10-4-7-11;1-2/h10H,2-7H2,1H3,(H,9,12);1-2H3. The van der Waals surface area contributed by atoms with Crippen molar-refractivity contribution in [3.05, 3.63) is 0 Å². The molecular weight excluding hydrogens is 178 g/mol. The normalized spacial score (nSPS) is 16.8. The molecule has 1 saturated heterocycles. The van der Waals surface area contributed by atoms with E-state index in [1.807, 2.05) is 13.8 Å². The van der Waals surface area contributed by atoms with Crippen LogP contribution in [0.3, 0.4) is 0 Å². The summed E-state index contributed by atoms with van der Waals surface area (Å²) in [5.41, 5.74) is 0. The van der Waals surface area contributed by atoms with Crippen LogP contribution in [0.5, 0.6) is 0 Å². The first kappa shape index (κ1) is 13.4. The summed E-state index contributed by atoms with van der Waals surface area (Å²) in [6, 6.07) is 0. The van der Waals surface area contributed by atoms with E-state index in [1.165, 1.54) is 0 Å². The zero-order valence-corrected chi connectivity index (χ0v) is 9.60. The fourth-order valence-corrected chi connectivity index (χ4v) is 1.32. The lowest BCUT2D eigenvalue weighted by molar-refractivity contribution is -0.120. The number of carbonyl (C=O) groups is 1. The summed E-state index contributed by atoms with van der Waals surface area (Å²) >= 11 is 0. The van der Waals surface area contributed by atoms with Gasteiger partial charge in [0, 0.05) is 46.2 Å². The summed E-state index contributed by atoms with van der Waals surface area (Å²) < 4.78 is 0. The van der Waals surface area contributed by atoms with Gasteiger partial charge in [0.15, 0.2) is 0 Å². The van der Waals surface area contributed by atoms with Gasteiger partial charge in [-0.25, -0.2) is 0 Å². The first-order valence-electron chi connectivity index (χ1n) is 5.46. The summed E-state index contributed by atoms with van der Waals surface area (Å²) in [6.07, 6.45) is 0.622. The first-order valence-corrected chi connectivity index (χ1v) is 5.46. The summed E-state index contributed by atoms with van der Waals surface area (Å²) in [5, 5.41) is 5.90. The maximum atomic E-state index is 10.9. The van der Waals surface area contributed by atoms with Crippen molar-refractivity contribution in [3.63, 3.8) is 0 Å². The van der Waals surface area contributed by atoms with Crippen LogP contribution in [0.2, 0.25) is 0 Å². The Kier molecular flexibility index (Phi) is 8.57. The Bertz CT molecular complexity index is 144. The number of amides is 1. The van der Waals surface area contributed by atoms with Crippen LogP contribution in [0.15, 0.2) is 0 Å². The van der Waals surface area contributed by atoms with E-state index < -0.39 is 0 Å². The zero-order chi connectivity index (χ0) is 10.8. The van der Waals surface area contributed by atoms with E-state index in [0.29, 0.717) is 6.42 Å². The van der Waals surface area contributed by atoms with E-state index in [2.05, 4.69) is 15.5 Å². The molecule has 0 atom stereocenters. The molecule has 0 aromatic carbocycles. The molecule has 1 fully saturated rings. The average molecular weight is 201 g/mol. The molecule has 4 heteroatoms. The third kappa shape index (κ3) is 5.94. The molecule has 1 heterocycles. The monoisotopic (exact) mass is 201 g/mol. The molecule has 14 heavy (non-hydrogen) atoms. The van der Waals surface area contributed by atoms with Gasteiger partial charge in [-0.3, -0.25) is 4.79 Å². The minimum absolute atomic E-state index is 0.133. The van der Waals surface area contributed by atoms with Crippen LogP contribution in [0.4, 0.5) is 0 Å². The third-order valence-corrected chi connectivity index (χ3v) is 2.14. The molecule has 4 nitrogen and oxygen atoms in total. The number of hydrogen-bond acceptors (Lipinski definition) is 3. The number of rotatable bonds is 3. The lowest BCUT2D eigenvalue weighted by Gasteiger charge is -2.26. The van der Waals surface area contributed by atoms with Gasteiger partial charge < -0.3 is 15.5 Å². The Labute approximate surface area is 87.0 Å². The predicted octanol–water partition coefficient (Wildman–Crippen LogP) is 0.0539.